The number of halogens is 3. The van der Waals surface area contributed by atoms with E-state index in [4.69, 9.17) is 0 Å². The zero-order valence-electron chi connectivity index (χ0n) is 10.1. The van der Waals surface area contributed by atoms with Crippen LogP contribution >= 0.6 is 31.9 Å². The summed E-state index contributed by atoms with van der Waals surface area (Å²) < 4.78 is 13.5. The maximum atomic E-state index is 13.1. The molecule has 0 fully saturated rings. The molecule has 4 heteroatoms. The van der Waals surface area contributed by atoms with Crippen LogP contribution in [0.15, 0.2) is 22.7 Å². The molecule has 1 aromatic rings. The minimum absolute atomic E-state index is 0.151. The highest BCUT2D eigenvalue weighted by molar-refractivity contribution is 9.10. The SMILES string of the molecule is CC(C)(C)C(=O)C(Br)Cc1ccc(F)c(Br)c1. The van der Waals surface area contributed by atoms with Crippen LogP contribution in [0.1, 0.15) is 26.3 Å². The zero-order valence-corrected chi connectivity index (χ0v) is 13.2. The van der Waals surface area contributed by atoms with Crippen molar-refractivity contribution in [3.05, 3.63) is 34.1 Å². The molecule has 17 heavy (non-hydrogen) atoms. The van der Waals surface area contributed by atoms with E-state index in [0.717, 1.165) is 5.56 Å². The lowest BCUT2D eigenvalue weighted by atomic mass is 9.87. The molecule has 1 nitrogen and oxygen atoms in total. The molecule has 1 rings (SSSR count). The Morgan fingerprint density at radius 1 is 1.41 bits per heavy atom. The van der Waals surface area contributed by atoms with Crippen molar-refractivity contribution in [1.82, 2.24) is 0 Å². The van der Waals surface area contributed by atoms with Gasteiger partial charge in [-0.2, -0.15) is 0 Å². The molecule has 94 valence electrons. The Balaban J connectivity index is 2.78. The summed E-state index contributed by atoms with van der Waals surface area (Å²) in [7, 11) is 0. The van der Waals surface area contributed by atoms with Gasteiger partial charge in [0.05, 0.1) is 9.30 Å². The summed E-state index contributed by atoms with van der Waals surface area (Å²) in [6, 6.07) is 4.81. The van der Waals surface area contributed by atoms with Crippen LogP contribution in [0.25, 0.3) is 0 Å². The Kier molecular flexibility index (Phi) is 4.90. The van der Waals surface area contributed by atoms with Crippen molar-refractivity contribution in [3.8, 4) is 0 Å². The van der Waals surface area contributed by atoms with Crippen LogP contribution in [0.3, 0.4) is 0 Å². The first-order chi connectivity index (χ1) is 7.71. The molecule has 0 aliphatic heterocycles. The van der Waals surface area contributed by atoms with E-state index in [0.29, 0.717) is 10.9 Å². The van der Waals surface area contributed by atoms with E-state index < -0.39 is 0 Å². The molecule has 1 atom stereocenters. The second-order valence-corrected chi connectivity index (χ2v) is 6.99. The van der Waals surface area contributed by atoms with Crippen molar-refractivity contribution < 1.29 is 9.18 Å². The maximum Gasteiger partial charge on any atom is 0.152 e. The van der Waals surface area contributed by atoms with Crippen LogP contribution in [-0.4, -0.2) is 10.6 Å². The van der Waals surface area contributed by atoms with Gasteiger partial charge in [0.1, 0.15) is 5.82 Å². The van der Waals surface area contributed by atoms with E-state index in [1.807, 2.05) is 20.8 Å². The van der Waals surface area contributed by atoms with Gasteiger partial charge in [-0.3, -0.25) is 4.79 Å². The third kappa shape index (κ3) is 4.18. The number of hydrogen-bond acceptors (Lipinski definition) is 1. The molecule has 0 radical (unpaired) electrons. The predicted octanol–water partition coefficient (Wildman–Crippen LogP) is 4.51. The lowest BCUT2D eigenvalue weighted by molar-refractivity contribution is -0.125. The smallest absolute Gasteiger partial charge is 0.152 e. The van der Waals surface area contributed by atoms with Gasteiger partial charge >= 0.3 is 0 Å². The van der Waals surface area contributed by atoms with Gasteiger partial charge in [0.2, 0.25) is 0 Å². The number of ketones is 1. The van der Waals surface area contributed by atoms with Gasteiger partial charge < -0.3 is 0 Å². The molecule has 0 saturated heterocycles. The fourth-order valence-electron chi connectivity index (χ4n) is 1.44. The molecule has 1 aromatic carbocycles. The van der Waals surface area contributed by atoms with Crippen LogP contribution in [0.4, 0.5) is 4.39 Å². The van der Waals surface area contributed by atoms with Gasteiger partial charge in [-0.05, 0) is 40.0 Å². The normalized spacial score (nSPS) is 13.5. The summed E-state index contributed by atoms with van der Waals surface area (Å²) in [5, 5.41) is 0. The first-order valence-corrected chi connectivity index (χ1v) is 7.05. The summed E-state index contributed by atoms with van der Waals surface area (Å²) in [4.78, 5) is 11.8. The third-order valence-corrected chi connectivity index (χ3v) is 3.77. The summed E-state index contributed by atoms with van der Waals surface area (Å²) in [5.41, 5.74) is 0.559. The van der Waals surface area contributed by atoms with E-state index >= 15 is 0 Å². The Hall–Kier alpha value is -0.220. The first-order valence-electron chi connectivity index (χ1n) is 5.34. The van der Waals surface area contributed by atoms with Crippen LogP contribution in [0, 0.1) is 11.2 Å². The number of hydrogen-bond donors (Lipinski definition) is 0. The Bertz CT molecular complexity index is 424. The maximum absolute atomic E-state index is 13.1. The lowest BCUT2D eigenvalue weighted by Gasteiger charge is -2.20. The molecule has 1 unspecified atom stereocenters. The van der Waals surface area contributed by atoms with Gasteiger partial charge in [0.15, 0.2) is 5.78 Å². The van der Waals surface area contributed by atoms with Crippen molar-refractivity contribution in [2.75, 3.05) is 0 Å². The molecular weight excluding hydrogens is 351 g/mol. The summed E-state index contributed by atoms with van der Waals surface area (Å²) in [5.74, 6) is -0.139. The summed E-state index contributed by atoms with van der Waals surface area (Å²) in [6.45, 7) is 5.68. The minimum Gasteiger partial charge on any atom is -0.298 e. The number of carbonyl (C=O) groups is 1. The van der Waals surface area contributed by atoms with Crippen molar-refractivity contribution in [1.29, 1.82) is 0 Å². The average molecular weight is 366 g/mol. The Morgan fingerprint density at radius 2 is 2.00 bits per heavy atom. The fraction of sp³-hybridized carbons (Fsp3) is 0.462. The molecule has 0 saturated carbocycles. The number of benzene rings is 1. The minimum atomic E-state index is -0.370. The predicted molar refractivity (Wildman–Crippen MR) is 75.0 cm³/mol. The van der Waals surface area contributed by atoms with Crippen molar-refractivity contribution in [2.24, 2.45) is 5.41 Å². The first kappa shape index (κ1) is 14.8. The van der Waals surface area contributed by atoms with Crippen molar-refractivity contribution in [3.63, 3.8) is 0 Å². The molecule has 0 aromatic heterocycles. The molecule has 0 bridgehead atoms. The van der Waals surface area contributed by atoms with Crippen molar-refractivity contribution in [2.45, 2.75) is 32.0 Å². The largest absolute Gasteiger partial charge is 0.298 e. The fourth-order valence-corrected chi connectivity index (χ4v) is 2.92. The summed E-state index contributed by atoms with van der Waals surface area (Å²) >= 11 is 6.54. The second-order valence-electron chi connectivity index (χ2n) is 5.03. The number of rotatable bonds is 3. The lowest BCUT2D eigenvalue weighted by Crippen LogP contribution is -2.30. The second kappa shape index (κ2) is 5.61. The number of carbonyl (C=O) groups excluding carboxylic acids is 1. The van der Waals surface area contributed by atoms with Gasteiger partial charge in [-0.15, -0.1) is 0 Å². The zero-order chi connectivity index (χ0) is 13.2. The highest BCUT2D eigenvalue weighted by Crippen LogP contribution is 2.25. The monoisotopic (exact) mass is 364 g/mol. The Labute approximate surface area is 118 Å². The quantitative estimate of drug-likeness (QED) is 0.720. The van der Waals surface area contributed by atoms with E-state index in [1.54, 1.807) is 12.1 Å². The highest BCUT2D eigenvalue weighted by Gasteiger charge is 2.27. The molecule has 0 aliphatic rings. The molecule has 0 N–H and O–H groups in total. The van der Waals surface area contributed by atoms with Gasteiger partial charge in [-0.25, -0.2) is 4.39 Å². The van der Waals surface area contributed by atoms with Crippen LogP contribution < -0.4 is 0 Å². The summed E-state index contributed by atoms with van der Waals surface area (Å²) in [6.07, 6.45) is 0.564. The molecular formula is C13H15Br2FO. The van der Waals surface area contributed by atoms with Crippen LogP contribution in [0.5, 0.6) is 0 Å². The third-order valence-electron chi connectivity index (χ3n) is 2.42. The number of alkyl halides is 1. The topological polar surface area (TPSA) is 17.1 Å². The highest BCUT2D eigenvalue weighted by atomic mass is 79.9. The average Bonchev–Trinajstić information content (AvgIpc) is 2.21. The molecule has 0 aliphatic carbocycles. The molecule has 0 spiro atoms. The van der Waals surface area contributed by atoms with E-state index in [2.05, 4.69) is 31.9 Å². The van der Waals surface area contributed by atoms with Gasteiger partial charge in [0, 0.05) is 5.41 Å². The Morgan fingerprint density at radius 3 is 2.47 bits per heavy atom. The van der Waals surface area contributed by atoms with Crippen molar-refractivity contribution >= 4 is 37.6 Å². The van der Waals surface area contributed by atoms with Gasteiger partial charge in [-0.1, -0.05) is 42.8 Å². The number of Topliss-reactive ketones (excluding diaryl/α,β-unsaturated/α-hetero) is 1. The molecule has 0 amide bonds. The van der Waals surface area contributed by atoms with Gasteiger partial charge in [0.25, 0.3) is 0 Å². The van der Waals surface area contributed by atoms with E-state index in [-0.39, 0.29) is 21.8 Å². The van der Waals surface area contributed by atoms with E-state index in [1.165, 1.54) is 6.07 Å². The standard InChI is InChI=1S/C13H15Br2FO/c1-13(2,3)12(17)10(15)7-8-4-5-11(16)9(14)6-8/h4-6,10H,7H2,1-3H3. The van der Waals surface area contributed by atoms with E-state index in [9.17, 15) is 9.18 Å². The molecule has 0 heterocycles. The van der Waals surface area contributed by atoms with Crippen LogP contribution in [0.2, 0.25) is 0 Å². The van der Waals surface area contributed by atoms with Crippen LogP contribution in [-0.2, 0) is 11.2 Å².